The standard InChI is InChI=1S/C19H19ClFN3O2/c1-13-23-17-5-2-3-6-18(17)24(13)10-4-9-22-19(25)12-26-14-7-8-16(21)15(20)11-14/h2-3,5-8,11H,4,9-10,12H2,1H3,(H,22,25). The van der Waals surface area contributed by atoms with E-state index in [4.69, 9.17) is 16.3 Å². The van der Waals surface area contributed by atoms with Crippen LogP contribution in [0, 0.1) is 12.7 Å². The first-order valence-electron chi connectivity index (χ1n) is 8.31. The van der Waals surface area contributed by atoms with E-state index in [1.807, 2.05) is 31.2 Å². The maximum atomic E-state index is 13.1. The topological polar surface area (TPSA) is 56.2 Å². The summed E-state index contributed by atoms with van der Waals surface area (Å²) in [5.74, 6) is 0.546. The van der Waals surface area contributed by atoms with Gasteiger partial charge in [-0.1, -0.05) is 23.7 Å². The van der Waals surface area contributed by atoms with Crippen molar-refractivity contribution < 1.29 is 13.9 Å². The predicted molar refractivity (Wildman–Crippen MR) is 99.0 cm³/mol. The van der Waals surface area contributed by atoms with Gasteiger partial charge in [-0.25, -0.2) is 9.37 Å². The molecule has 0 spiro atoms. The van der Waals surface area contributed by atoms with Crippen molar-refractivity contribution >= 4 is 28.5 Å². The van der Waals surface area contributed by atoms with Gasteiger partial charge in [0.2, 0.25) is 0 Å². The summed E-state index contributed by atoms with van der Waals surface area (Å²) in [5, 5.41) is 2.77. The maximum Gasteiger partial charge on any atom is 0.257 e. The molecule has 0 saturated carbocycles. The summed E-state index contributed by atoms with van der Waals surface area (Å²) in [6, 6.07) is 12.0. The molecule has 3 aromatic rings. The molecule has 2 aromatic carbocycles. The fourth-order valence-electron chi connectivity index (χ4n) is 2.71. The van der Waals surface area contributed by atoms with Crippen molar-refractivity contribution in [1.29, 1.82) is 0 Å². The highest BCUT2D eigenvalue weighted by atomic mass is 35.5. The first kappa shape index (κ1) is 18.2. The van der Waals surface area contributed by atoms with Crippen LogP contribution in [-0.4, -0.2) is 28.6 Å². The normalized spacial score (nSPS) is 10.9. The number of hydrogen-bond acceptors (Lipinski definition) is 3. The van der Waals surface area contributed by atoms with E-state index in [1.54, 1.807) is 0 Å². The molecule has 0 aliphatic carbocycles. The lowest BCUT2D eigenvalue weighted by molar-refractivity contribution is -0.123. The van der Waals surface area contributed by atoms with Crippen LogP contribution in [0.4, 0.5) is 4.39 Å². The molecule has 0 aliphatic rings. The number of nitrogens with one attached hydrogen (secondary N) is 1. The van der Waals surface area contributed by atoms with Gasteiger partial charge in [0.1, 0.15) is 17.4 Å². The van der Waals surface area contributed by atoms with Crippen molar-refractivity contribution in [3.63, 3.8) is 0 Å². The summed E-state index contributed by atoms with van der Waals surface area (Å²) in [5.41, 5.74) is 2.06. The van der Waals surface area contributed by atoms with Crippen molar-refractivity contribution in [2.24, 2.45) is 0 Å². The fraction of sp³-hybridized carbons (Fsp3) is 0.263. The van der Waals surface area contributed by atoms with Gasteiger partial charge in [-0.2, -0.15) is 0 Å². The number of rotatable bonds is 7. The lowest BCUT2D eigenvalue weighted by Crippen LogP contribution is -2.30. The van der Waals surface area contributed by atoms with E-state index < -0.39 is 5.82 Å². The van der Waals surface area contributed by atoms with Crippen molar-refractivity contribution in [3.8, 4) is 5.75 Å². The summed E-state index contributed by atoms with van der Waals surface area (Å²) in [6.45, 7) is 3.12. The molecule has 1 N–H and O–H groups in total. The van der Waals surface area contributed by atoms with E-state index in [9.17, 15) is 9.18 Å². The number of carbonyl (C=O) groups excluding carboxylic acids is 1. The van der Waals surface area contributed by atoms with Gasteiger partial charge in [-0.15, -0.1) is 0 Å². The summed E-state index contributed by atoms with van der Waals surface area (Å²) < 4.78 is 20.5. The number of fused-ring (bicyclic) bond motifs is 1. The lowest BCUT2D eigenvalue weighted by atomic mass is 10.3. The Balaban J connectivity index is 1.43. The Bertz CT molecular complexity index is 926. The van der Waals surface area contributed by atoms with Gasteiger partial charge >= 0.3 is 0 Å². The van der Waals surface area contributed by atoms with Gasteiger partial charge in [-0.3, -0.25) is 4.79 Å². The van der Waals surface area contributed by atoms with Crippen LogP contribution in [0.2, 0.25) is 5.02 Å². The molecular weight excluding hydrogens is 357 g/mol. The zero-order valence-electron chi connectivity index (χ0n) is 14.3. The number of para-hydroxylation sites is 2. The van der Waals surface area contributed by atoms with E-state index in [0.717, 1.165) is 29.8 Å². The first-order chi connectivity index (χ1) is 12.5. The van der Waals surface area contributed by atoms with E-state index >= 15 is 0 Å². The van der Waals surface area contributed by atoms with Crippen LogP contribution in [-0.2, 0) is 11.3 Å². The molecule has 0 saturated heterocycles. The summed E-state index contributed by atoms with van der Waals surface area (Å²) in [6.07, 6.45) is 0.773. The predicted octanol–water partition coefficient (Wildman–Crippen LogP) is 3.72. The third kappa shape index (κ3) is 4.32. The number of carbonyl (C=O) groups is 1. The number of aromatic nitrogens is 2. The molecule has 0 atom stereocenters. The van der Waals surface area contributed by atoms with Gasteiger partial charge < -0.3 is 14.6 Å². The Morgan fingerprint density at radius 1 is 1.31 bits per heavy atom. The lowest BCUT2D eigenvalue weighted by Gasteiger charge is -2.09. The number of ether oxygens (including phenoxy) is 1. The fourth-order valence-corrected chi connectivity index (χ4v) is 2.88. The number of hydrogen-bond donors (Lipinski definition) is 1. The minimum atomic E-state index is -0.522. The van der Waals surface area contributed by atoms with E-state index in [0.29, 0.717) is 12.3 Å². The Morgan fingerprint density at radius 3 is 2.92 bits per heavy atom. The third-order valence-corrected chi connectivity index (χ3v) is 4.28. The molecule has 0 aliphatic heterocycles. The molecular formula is C19H19ClFN3O2. The second-order valence-corrected chi connectivity index (χ2v) is 6.27. The number of benzene rings is 2. The molecule has 0 radical (unpaired) electrons. The molecule has 3 rings (SSSR count). The summed E-state index contributed by atoms with van der Waals surface area (Å²) in [7, 11) is 0. The molecule has 1 heterocycles. The van der Waals surface area contributed by atoms with Crippen LogP contribution < -0.4 is 10.1 Å². The second-order valence-electron chi connectivity index (χ2n) is 5.87. The van der Waals surface area contributed by atoms with Crippen LogP contribution in [0.15, 0.2) is 42.5 Å². The van der Waals surface area contributed by atoms with Gasteiger partial charge in [0.05, 0.1) is 16.1 Å². The van der Waals surface area contributed by atoms with E-state index in [1.165, 1.54) is 18.2 Å². The number of aryl methyl sites for hydroxylation is 2. The second kappa shape index (κ2) is 8.19. The molecule has 26 heavy (non-hydrogen) atoms. The maximum absolute atomic E-state index is 13.1. The SMILES string of the molecule is Cc1nc2ccccc2n1CCCNC(=O)COc1ccc(F)c(Cl)c1. The van der Waals surface area contributed by atoms with Crippen molar-refractivity contribution in [1.82, 2.24) is 14.9 Å². The highest BCUT2D eigenvalue weighted by Gasteiger charge is 2.07. The van der Waals surface area contributed by atoms with E-state index in [2.05, 4.69) is 14.9 Å². The number of halogens is 2. The molecule has 7 heteroatoms. The summed E-state index contributed by atoms with van der Waals surface area (Å²) in [4.78, 5) is 16.4. The molecule has 5 nitrogen and oxygen atoms in total. The molecule has 1 aromatic heterocycles. The first-order valence-corrected chi connectivity index (χ1v) is 8.69. The largest absolute Gasteiger partial charge is 0.484 e. The van der Waals surface area contributed by atoms with Crippen LogP contribution in [0.3, 0.4) is 0 Å². The Morgan fingerprint density at radius 2 is 2.12 bits per heavy atom. The summed E-state index contributed by atoms with van der Waals surface area (Å²) >= 11 is 5.67. The highest BCUT2D eigenvalue weighted by Crippen LogP contribution is 2.21. The number of amides is 1. The van der Waals surface area contributed by atoms with Crippen LogP contribution in [0.1, 0.15) is 12.2 Å². The van der Waals surface area contributed by atoms with Crippen LogP contribution >= 0.6 is 11.6 Å². The zero-order valence-corrected chi connectivity index (χ0v) is 15.1. The van der Waals surface area contributed by atoms with Crippen LogP contribution in [0.5, 0.6) is 5.75 Å². The molecule has 1 amide bonds. The Labute approximate surface area is 155 Å². The Hall–Kier alpha value is -2.60. The third-order valence-electron chi connectivity index (χ3n) is 3.99. The van der Waals surface area contributed by atoms with Gasteiger partial charge in [-0.05, 0) is 37.6 Å². The molecule has 0 unspecified atom stereocenters. The van der Waals surface area contributed by atoms with Gasteiger partial charge in [0.25, 0.3) is 5.91 Å². The monoisotopic (exact) mass is 375 g/mol. The zero-order chi connectivity index (χ0) is 18.5. The molecule has 0 bridgehead atoms. The van der Waals surface area contributed by atoms with E-state index in [-0.39, 0.29) is 17.5 Å². The van der Waals surface area contributed by atoms with Gasteiger partial charge in [0.15, 0.2) is 6.61 Å². The minimum Gasteiger partial charge on any atom is -0.484 e. The van der Waals surface area contributed by atoms with Gasteiger partial charge in [0, 0.05) is 19.2 Å². The minimum absolute atomic E-state index is 0.0363. The number of nitrogens with zero attached hydrogens (tertiary/aromatic N) is 2. The van der Waals surface area contributed by atoms with Crippen LogP contribution in [0.25, 0.3) is 11.0 Å². The smallest absolute Gasteiger partial charge is 0.257 e. The van der Waals surface area contributed by atoms with Crippen molar-refractivity contribution in [3.05, 3.63) is 59.1 Å². The van der Waals surface area contributed by atoms with Crippen molar-refractivity contribution in [2.45, 2.75) is 19.9 Å². The highest BCUT2D eigenvalue weighted by molar-refractivity contribution is 6.30. The Kier molecular flexibility index (Phi) is 5.73. The molecule has 0 fully saturated rings. The average molecular weight is 376 g/mol. The number of imidazole rings is 1. The van der Waals surface area contributed by atoms with Crippen molar-refractivity contribution in [2.75, 3.05) is 13.2 Å². The molecule has 136 valence electrons. The average Bonchev–Trinajstić information content (AvgIpc) is 2.95. The quantitative estimate of drug-likeness (QED) is 0.640.